The highest BCUT2D eigenvalue weighted by Crippen LogP contribution is 2.34. The van der Waals surface area contributed by atoms with Crippen LogP contribution < -0.4 is 25.0 Å². The van der Waals surface area contributed by atoms with E-state index in [-0.39, 0.29) is 0 Å². The lowest BCUT2D eigenvalue weighted by Gasteiger charge is -2.27. The summed E-state index contributed by atoms with van der Waals surface area (Å²) in [5.74, 6) is 1.49. The van der Waals surface area contributed by atoms with Crippen molar-refractivity contribution >= 4 is 22.4 Å². The Kier molecular flexibility index (Phi) is 8.05. The Morgan fingerprint density at radius 3 is 2.47 bits per heavy atom. The second kappa shape index (κ2) is 11.8. The van der Waals surface area contributed by atoms with Crippen LogP contribution in [-0.2, 0) is 0 Å². The van der Waals surface area contributed by atoms with Gasteiger partial charge in [0.05, 0.1) is 49.4 Å². The normalized spacial score (nSPS) is 14.2. The Hall–Kier alpha value is -3.69. The van der Waals surface area contributed by atoms with E-state index in [2.05, 4.69) is 57.5 Å². The third-order valence-corrected chi connectivity index (χ3v) is 6.95. The smallest absolute Gasteiger partial charge is 0.124 e. The van der Waals surface area contributed by atoms with Crippen molar-refractivity contribution in [1.29, 1.82) is 0 Å². The van der Waals surface area contributed by atoms with Crippen LogP contribution in [0.2, 0.25) is 0 Å². The van der Waals surface area contributed by atoms with E-state index in [1.165, 1.54) is 0 Å². The fourth-order valence-electron chi connectivity index (χ4n) is 4.87. The highest BCUT2D eigenvalue weighted by atomic mass is 16.5. The molecule has 1 aliphatic rings. The molecule has 0 saturated carbocycles. The van der Waals surface area contributed by atoms with Crippen molar-refractivity contribution in [3.63, 3.8) is 0 Å². The lowest BCUT2D eigenvalue weighted by molar-refractivity contribution is 0.343. The van der Waals surface area contributed by atoms with Crippen LogP contribution in [0.25, 0.3) is 22.3 Å². The Bertz CT molecular complexity index is 1340. The molecular formula is C29H37N7O2. The lowest BCUT2D eigenvalue weighted by atomic mass is 10.1. The van der Waals surface area contributed by atoms with E-state index in [4.69, 9.17) is 19.4 Å². The molecule has 2 aromatic carbocycles. The Labute approximate surface area is 224 Å². The van der Waals surface area contributed by atoms with Crippen molar-refractivity contribution in [2.24, 2.45) is 0 Å². The topological polar surface area (TPSA) is 89.4 Å². The largest absolute Gasteiger partial charge is 0.497 e. The van der Waals surface area contributed by atoms with E-state index in [9.17, 15) is 0 Å². The summed E-state index contributed by atoms with van der Waals surface area (Å²) in [4.78, 5) is 12.0. The highest BCUT2D eigenvalue weighted by molar-refractivity contribution is 5.82. The summed E-state index contributed by atoms with van der Waals surface area (Å²) in [5, 5.41) is 11.6. The molecule has 9 heteroatoms. The number of piperidine rings is 1. The maximum absolute atomic E-state index is 5.55. The van der Waals surface area contributed by atoms with Gasteiger partial charge in [-0.05, 0) is 44.1 Å². The van der Waals surface area contributed by atoms with Crippen molar-refractivity contribution in [3.8, 4) is 22.8 Å². The predicted octanol–water partition coefficient (Wildman–Crippen LogP) is 4.57. The first kappa shape index (κ1) is 25.9. The first-order valence-corrected chi connectivity index (χ1v) is 13.3. The molecule has 4 aromatic rings. The average molecular weight is 516 g/mol. The fourth-order valence-corrected chi connectivity index (χ4v) is 4.87. The molecule has 2 aromatic heterocycles. The van der Waals surface area contributed by atoms with Crippen LogP contribution in [0.5, 0.6) is 11.5 Å². The SMILES string of the molecule is COc1cc(OC)cc(N(CCNC(C)C)c2ccc3ncc(-c4cnn(C5CCNCC5)c4)nc3c2)c1. The van der Waals surface area contributed by atoms with E-state index in [1.807, 2.05) is 36.7 Å². The van der Waals surface area contributed by atoms with Gasteiger partial charge in [-0.25, -0.2) is 4.98 Å². The molecule has 200 valence electrons. The minimum absolute atomic E-state index is 0.396. The zero-order valence-corrected chi connectivity index (χ0v) is 22.6. The molecule has 2 N–H and O–H groups in total. The molecule has 0 unspecified atom stereocenters. The number of benzene rings is 2. The van der Waals surface area contributed by atoms with Crippen molar-refractivity contribution in [1.82, 2.24) is 30.4 Å². The van der Waals surface area contributed by atoms with Crippen LogP contribution in [0.1, 0.15) is 32.7 Å². The van der Waals surface area contributed by atoms with Crippen molar-refractivity contribution in [2.45, 2.75) is 38.8 Å². The van der Waals surface area contributed by atoms with Crippen LogP contribution in [0, 0.1) is 0 Å². The van der Waals surface area contributed by atoms with Crippen LogP contribution in [0.15, 0.2) is 55.0 Å². The summed E-state index contributed by atoms with van der Waals surface area (Å²) in [6, 6.07) is 13.0. The number of aromatic nitrogens is 4. The monoisotopic (exact) mass is 515 g/mol. The fraction of sp³-hybridized carbons (Fsp3) is 0.414. The van der Waals surface area contributed by atoms with Crippen LogP contribution in [0.3, 0.4) is 0 Å². The van der Waals surface area contributed by atoms with Crippen molar-refractivity contribution < 1.29 is 9.47 Å². The number of fused-ring (bicyclic) bond motifs is 1. The van der Waals surface area contributed by atoms with Gasteiger partial charge in [0.15, 0.2) is 0 Å². The number of methoxy groups -OCH3 is 2. The molecule has 9 nitrogen and oxygen atoms in total. The minimum atomic E-state index is 0.396. The standard InChI is InChI=1S/C29H37N7O2/c1-20(2)31-11-12-35(24-13-25(37-3)16-26(14-24)38-4)23-5-6-27-28(15-23)34-29(18-32-27)21-17-33-36(19-21)22-7-9-30-10-8-22/h5-6,13-20,22,30-31H,7-12H2,1-4H3. The zero-order chi connectivity index (χ0) is 26.5. The summed E-state index contributed by atoms with van der Waals surface area (Å²) in [7, 11) is 3.34. The molecule has 3 heterocycles. The van der Waals surface area contributed by atoms with Crippen LogP contribution in [-0.4, -0.2) is 66.2 Å². The molecule has 5 rings (SSSR count). The molecule has 0 spiro atoms. The maximum atomic E-state index is 5.55. The van der Waals surface area contributed by atoms with Gasteiger partial charge in [-0.15, -0.1) is 0 Å². The summed E-state index contributed by atoms with van der Waals surface area (Å²) in [6.07, 6.45) is 8.01. The van der Waals surface area contributed by atoms with Gasteiger partial charge in [-0.1, -0.05) is 13.8 Å². The first-order chi connectivity index (χ1) is 18.5. The Morgan fingerprint density at radius 2 is 1.76 bits per heavy atom. The quantitative estimate of drug-likeness (QED) is 0.318. The third kappa shape index (κ3) is 5.89. The van der Waals surface area contributed by atoms with Gasteiger partial charge in [0, 0.05) is 60.5 Å². The predicted molar refractivity (Wildman–Crippen MR) is 152 cm³/mol. The van der Waals surface area contributed by atoms with Crippen molar-refractivity contribution in [2.75, 3.05) is 45.3 Å². The number of anilines is 2. The van der Waals surface area contributed by atoms with Gasteiger partial charge in [0.25, 0.3) is 0 Å². The second-order valence-corrected chi connectivity index (χ2v) is 9.95. The average Bonchev–Trinajstić information content (AvgIpc) is 3.45. The molecule has 1 aliphatic heterocycles. The molecule has 1 saturated heterocycles. The van der Waals surface area contributed by atoms with Gasteiger partial charge in [-0.3, -0.25) is 9.67 Å². The number of nitrogens with zero attached hydrogens (tertiary/aromatic N) is 5. The minimum Gasteiger partial charge on any atom is -0.497 e. The number of rotatable bonds is 10. The van der Waals surface area contributed by atoms with Gasteiger partial charge in [0.2, 0.25) is 0 Å². The van der Waals surface area contributed by atoms with E-state index in [1.54, 1.807) is 14.2 Å². The maximum Gasteiger partial charge on any atom is 0.124 e. The lowest BCUT2D eigenvalue weighted by Crippen LogP contribution is -2.32. The van der Waals surface area contributed by atoms with Crippen LogP contribution >= 0.6 is 0 Å². The zero-order valence-electron chi connectivity index (χ0n) is 22.6. The van der Waals surface area contributed by atoms with Crippen LogP contribution in [0.4, 0.5) is 11.4 Å². The first-order valence-electron chi connectivity index (χ1n) is 13.3. The van der Waals surface area contributed by atoms with E-state index in [0.29, 0.717) is 12.1 Å². The third-order valence-electron chi connectivity index (χ3n) is 6.95. The van der Waals surface area contributed by atoms with E-state index < -0.39 is 0 Å². The molecule has 1 fully saturated rings. The van der Waals surface area contributed by atoms with Gasteiger partial charge >= 0.3 is 0 Å². The summed E-state index contributed by atoms with van der Waals surface area (Å²) in [5.41, 5.74) is 5.51. The number of hydrogen-bond donors (Lipinski definition) is 2. The molecular weight excluding hydrogens is 478 g/mol. The highest BCUT2D eigenvalue weighted by Gasteiger charge is 2.17. The van der Waals surface area contributed by atoms with Gasteiger partial charge < -0.3 is 25.0 Å². The Balaban J connectivity index is 1.48. The molecule has 0 radical (unpaired) electrons. The van der Waals surface area contributed by atoms with E-state index in [0.717, 1.165) is 84.2 Å². The van der Waals surface area contributed by atoms with E-state index >= 15 is 0 Å². The molecule has 0 aliphatic carbocycles. The summed E-state index contributed by atoms with van der Waals surface area (Å²) < 4.78 is 13.2. The van der Waals surface area contributed by atoms with Gasteiger partial charge in [0.1, 0.15) is 11.5 Å². The summed E-state index contributed by atoms with van der Waals surface area (Å²) in [6.45, 7) is 7.94. The number of hydrogen-bond acceptors (Lipinski definition) is 8. The Morgan fingerprint density at radius 1 is 1.00 bits per heavy atom. The molecule has 0 atom stereocenters. The second-order valence-electron chi connectivity index (χ2n) is 9.95. The molecule has 38 heavy (non-hydrogen) atoms. The number of nitrogens with one attached hydrogen (secondary N) is 2. The van der Waals surface area contributed by atoms with Crippen molar-refractivity contribution in [3.05, 3.63) is 55.0 Å². The molecule has 0 bridgehead atoms. The summed E-state index contributed by atoms with van der Waals surface area (Å²) >= 11 is 0. The molecule has 0 amide bonds. The number of ether oxygens (including phenoxy) is 2. The van der Waals surface area contributed by atoms with Gasteiger partial charge in [-0.2, -0.15) is 5.10 Å².